The van der Waals surface area contributed by atoms with Crippen LogP contribution in [-0.2, 0) is 4.79 Å². The SMILES string of the molecule is COc1cc(NC(=S)NC(=O)C2CCCCC2)ccc1NC(=O)c1ccccc1Cl. The highest BCUT2D eigenvalue weighted by Gasteiger charge is 2.21. The van der Waals surface area contributed by atoms with Crippen molar-refractivity contribution in [3.63, 3.8) is 0 Å². The van der Waals surface area contributed by atoms with Crippen LogP contribution in [0.15, 0.2) is 42.5 Å². The molecule has 2 aromatic carbocycles. The number of thiocarbonyl (C=S) groups is 1. The van der Waals surface area contributed by atoms with E-state index in [2.05, 4.69) is 16.0 Å². The van der Waals surface area contributed by atoms with Crippen LogP contribution >= 0.6 is 23.8 Å². The number of methoxy groups -OCH3 is 1. The standard InChI is InChI=1S/C22H24ClN3O3S/c1-29-19-13-15(24-22(30)26-20(27)14-7-3-2-4-8-14)11-12-18(19)25-21(28)16-9-5-6-10-17(16)23/h5-6,9-14H,2-4,7-8H2,1H3,(H,25,28)(H2,24,26,27,30). The molecular formula is C22H24ClN3O3S. The summed E-state index contributed by atoms with van der Waals surface area (Å²) in [6, 6.07) is 11.9. The molecule has 1 aliphatic rings. The molecule has 158 valence electrons. The van der Waals surface area contributed by atoms with Gasteiger partial charge in [-0.25, -0.2) is 0 Å². The van der Waals surface area contributed by atoms with Crippen LogP contribution in [0.3, 0.4) is 0 Å². The number of hydrogen-bond donors (Lipinski definition) is 3. The van der Waals surface area contributed by atoms with Crippen molar-refractivity contribution in [2.75, 3.05) is 17.7 Å². The third-order valence-corrected chi connectivity index (χ3v) is 5.57. The predicted octanol–water partition coefficient (Wildman–Crippen LogP) is 4.99. The van der Waals surface area contributed by atoms with E-state index in [4.69, 9.17) is 28.6 Å². The van der Waals surface area contributed by atoms with Crippen molar-refractivity contribution in [1.29, 1.82) is 0 Å². The Balaban J connectivity index is 1.63. The molecule has 8 heteroatoms. The minimum absolute atomic E-state index is 0.0236. The van der Waals surface area contributed by atoms with Gasteiger partial charge in [0.05, 0.1) is 23.4 Å². The van der Waals surface area contributed by atoms with E-state index in [-0.39, 0.29) is 22.8 Å². The Bertz CT molecular complexity index is 945. The molecule has 0 bridgehead atoms. The number of ether oxygens (including phenoxy) is 1. The summed E-state index contributed by atoms with van der Waals surface area (Å²) in [4.78, 5) is 24.8. The largest absolute Gasteiger partial charge is 0.494 e. The summed E-state index contributed by atoms with van der Waals surface area (Å²) >= 11 is 11.4. The summed E-state index contributed by atoms with van der Waals surface area (Å²) in [5, 5.41) is 9.16. The van der Waals surface area contributed by atoms with E-state index >= 15 is 0 Å². The molecule has 0 aromatic heterocycles. The molecule has 0 heterocycles. The third kappa shape index (κ3) is 5.70. The first-order chi connectivity index (χ1) is 14.5. The molecule has 0 aliphatic heterocycles. The summed E-state index contributed by atoms with van der Waals surface area (Å²) in [5.41, 5.74) is 1.50. The van der Waals surface area contributed by atoms with Gasteiger partial charge < -0.3 is 20.7 Å². The first kappa shape index (κ1) is 22.1. The molecule has 2 amide bonds. The van der Waals surface area contributed by atoms with Crippen LogP contribution in [-0.4, -0.2) is 24.0 Å². The Hall–Kier alpha value is -2.64. The monoisotopic (exact) mass is 445 g/mol. The number of nitrogens with one attached hydrogen (secondary N) is 3. The van der Waals surface area contributed by atoms with Gasteiger partial charge in [0.1, 0.15) is 5.75 Å². The van der Waals surface area contributed by atoms with Crippen molar-refractivity contribution < 1.29 is 14.3 Å². The highest BCUT2D eigenvalue weighted by Crippen LogP contribution is 2.29. The van der Waals surface area contributed by atoms with Crippen LogP contribution in [0.1, 0.15) is 42.5 Å². The number of carbonyl (C=O) groups excluding carboxylic acids is 2. The molecule has 1 saturated carbocycles. The number of rotatable bonds is 5. The van der Waals surface area contributed by atoms with Gasteiger partial charge in [0.15, 0.2) is 5.11 Å². The van der Waals surface area contributed by atoms with Crippen molar-refractivity contribution in [3.05, 3.63) is 53.1 Å². The fourth-order valence-electron chi connectivity index (χ4n) is 3.45. The Kier molecular flexibility index (Phi) is 7.65. The lowest BCUT2D eigenvalue weighted by molar-refractivity contribution is -0.124. The van der Waals surface area contributed by atoms with Gasteiger partial charge in [-0.2, -0.15) is 0 Å². The van der Waals surface area contributed by atoms with Gasteiger partial charge in [0.2, 0.25) is 5.91 Å². The molecule has 1 fully saturated rings. The minimum atomic E-state index is -0.338. The maximum atomic E-state index is 12.5. The van der Waals surface area contributed by atoms with Crippen LogP contribution in [0, 0.1) is 5.92 Å². The minimum Gasteiger partial charge on any atom is -0.494 e. The van der Waals surface area contributed by atoms with Crippen LogP contribution in [0.2, 0.25) is 5.02 Å². The Morgan fingerprint density at radius 3 is 2.50 bits per heavy atom. The normalized spacial score (nSPS) is 13.9. The first-order valence-electron chi connectivity index (χ1n) is 9.83. The molecule has 1 aliphatic carbocycles. The first-order valence-corrected chi connectivity index (χ1v) is 10.6. The topological polar surface area (TPSA) is 79.5 Å². The van der Waals surface area contributed by atoms with Crippen LogP contribution in [0.4, 0.5) is 11.4 Å². The summed E-state index contributed by atoms with van der Waals surface area (Å²) in [7, 11) is 1.51. The second kappa shape index (κ2) is 10.4. The zero-order valence-corrected chi connectivity index (χ0v) is 18.2. The lowest BCUT2D eigenvalue weighted by Crippen LogP contribution is -2.39. The van der Waals surface area contributed by atoms with Gasteiger partial charge in [-0.1, -0.05) is 43.0 Å². The Morgan fingerprint density at radius 2 is 1.80 bits per heavy atom. The zero-order valence-electron chi connectivity index (χ0n) is 16.7. The van der Waals surface area contributed by atoms with Gasteiger partial charge >= 0.3 is 0 Å². The van der Waals surface area contributed by atoms with Crippen molar-refractivity contribution in [2.45, 2.75) is 32.1 Å². The molecule has 0 unspecified atom stereocenters. The van der Waals surface area contributed by atoms with Gasteiger partial charge in [0.25, 0.3) is 5.91 Å². The summed E-state index contributed by atoms with van der Waals surface area (Å²) in [6.07, 6.45) is 5.16. The maximum Gasteiger partial charge on any atom is 0.257 e. The summed E-state index contributed by atoms with van der Waals surface area (Å²) < 4.78 is 5.39. The van der Waals surface area contributed by atoms with Crippen molar-refractivity contribution in [2.24, 2.45) is 5.92 Å². The molecule has 3 N–H and O–H groups in total. The van der Waals surface area contributed by atoms with Crippen LogP contribution in [0.25, 0.3) is 0 Å². The number of hydrogen-bond acceptors (Lipinski definition) is 4. The molecule has 0 spiro atoms. The van der Waals surface area contributed by atoms with Crippen LogP contribution in [0.5, 0.6) is 5.75 Å². The number of benzene rings is 2. The van der Waals surface area contributed by atoms with E-state index in [1.165, 1.54) is 13.5 Å². The van der Waals surface area contributed by atoms with E-state index in [1.54, 1.807) is 42.5 Å². The van der Waals surface area contributed by atoms with Gasteiger partial charge in [-0.3, -0.25) is 9.59 Å². The predicted molar refractivity (Wildman–Crippen MR) is 123 cm³/mol. The molecular weight excluding hydrogens is 422 g/mol. The summed E-state index contributed by atoms with van der Waals surface area (Å²) in [6.45, 7) is 0. The molecule has 0 saturated heterocycles. The van der Waals surface area contributed by atoms with E-state index < -0.39 is 0 Å². The van der Waals surface area contributed by atoms with Crippen molar-refractivity contribution in [3.8, 4) is 5.75 Å². The number of halogens is 1. The van der Waals surface area contributed by atoms with E-state index in [0.29, 0.717) is 27.7 Å². The van der Waals surface area contributed by atoms with E-state index in [0.717, 1.165) is 25.7 Å². The summed E-state index contributed by atoms with van der Waals surface area (Å²) in [5.74, 6) is 0.0925. The highest BCUT2D eigenvalue weighted by molar-refractivity contribution is 7.80. The van der Waals surface area contributed by atoms with Crippen molar-refractivity contribution in [1.82, 2.24) is 5.32 Å². The number of carbonyl (C=O) groups is 2. The molecule has 30 heavy (non-hydrogen) atoms. The molecule has 6 nitrogen and oxygen atoms in total. The molecule has 2 aromatic rings. The second-order valence-electron chi connectivity index (χ2n) is 7.13. The quantitative estimate of drug-likeness (QED) is 0.565. The highest BCUT2D eigenvalue weighted by atomic mass is 35.5. The molecule has 0 atom stereocenters. The Labute approximate surface area is 186 Å². The van der Waals surface area contributed by atoms with Crippen molar-refractivity contribution >= 4 is 52.1 Å². The maximum absolute atomic E-state index is 12.5. The smallest absolute Gasteiger partial charge is 0.257 e. The average Bonchev–Trinajstić information content (AvgIpc) is 2.75. The fourth-order valence-corrected chi connectivity index (χ4v) is 3.89. The fraction of sp³-hybridized carbons (Fsp3) is 0.318. The Morgan fingerprint density at radius 1 is 1.07 bits per heavy atom. The molecule has 3 rings (SSSR count). The number of anilines is 2. The lowest BCUT2D eigenvalue weighted by atomic mass is 9.89. The lowest BCUT2D eigenvalue weighted by Gasteiger charge is -2.21. The molecule has 0 radical (unpaired) electrons. The zero-order chi connectivity index (χ0) is 21.5. The average molecular weight is 446 g/mol. The van der Waals surface area contributed by atoms with Gasteiger partial charge in [-0.15, -0.1) is 0 Å². The van der Waals surface area contributed by atoms with E-state index in [9.17, 15) is 9.59 Å². The van der Waals surface area contributed by atoms with Gasteiger partial charge in [-0.05, 0) is 49.3 Å². The second-order valence-corrected chi connectivity index (χ2v) is 7.94. The van der Waals surface area contributed by atoms with Crippen LogP contribution < -0.4 is 20.7 Å². The number of amides is 2. The third-order valence-electron chi connectivity index (χ3n) is 5.04. The van der Waals surface area contributed by atoms with Gasteiger partial charge in [0, 0.05) is 17.7 Å². The van der Waals surface area contributed by atoms with E-state index in [1.807, 2.05) is 0 Å².